The van der Waals surface area contributed by atoms with Gasteiger partial charge in [-0.05, 0) is 46.6 Å². The second-order valence-electron chi connectivity index (χ2n) is 6.01. The summed E-state index contributed by atoms with van der Waals surface area (Å²) in [6.07, 6.45) is -4.45. The number of imidazole rings is 1. The molecule has 138 valence electrons. The van der Waals surface area contributed by atoms with Crippen molar-refractivity contribution in [3.05, 3.63) is 33.8 Å². The number of pyridine rings is 1. The maximum Gasteiger partial charge on any atom is 0.416 e. The van der Waals surface area contributed by atoms with Crippen LogP contribution in [0.1, 0.15) is 11.1 Å². The number of ether oxygens (including phenoxy) is 1. The normalized spacial score (nSPS) is 11.8. The first-order valence-electron chi connectivity index (χ1n) is 7.61. The number of benzene rings is 1. The van der Waals surface area contributed by atoms with E-state index in [4.69, 9.17) is 4.74 Å². The minimum atomic E-state index is -4.45. The highest BCUT2D eigenvalue weighted by Gasteiger charge is 2.32. The van der Waals surface area contributed by atoms with E-state index >= 15 is 0 Å². The van der Waals surface area contributed by atoms with Crippen LogP contribution in [0, 0.1) is 6.92 Å². The molecule has 0 spiro atoms. The standard InChI is InChI=1S/C17H16BrF3N4O/c1-8-5-9(17(19,20)21)6-12(26-4)13(8)15-22-11-7-10(18)16(25(2)3)24-14(11)23-15/h5-7H,1-4H3,(H,22,23,24). The number of methoxy groups -OCH3 is 1. The number of anilines is 1. The SMILES string of the molecule is COc1cc(C(F)(F)F)cc(C)c1-c1nc2nc(N(C)C)c(Br)cc2[nH]1. The van der Waals surface area contributed by atoms with Gasteiger partial charge in [0.2, 0.25) is 0 Å². The predicted molar refractivity (Wildman–Crippen MR) is 97.6 cm³/mol. The molecule has 0 radical (unpaired) electrons. The van der Waals surface area contributed by atoms with Gasteiger partial charge in [-0.1, -0.05) is 0 Å². The molecule has 0 fully saturated rings. The summed E-state index contributed by atoms with van der Waals surface area (Å²) in [6, 6.07) is 3.89. The van der Waals surface area contributed by atoms with Gasteiger partial charge in [0.15, 0.2) is 5.65 Å². The van der Waals surface area contributed by atoms with Crippen molar-refractivity contribution in [1.29, 1.82) is 0 Å². The van der Waals surface area contributed by atoms with Crippen LogP contribution in [0.3, 0.4) is 0 Å². The summed E-state index contributed by atoms with van der Waals surface area (Å²) in [5.74, 6) is 1.20. The molecule has 3 rings (SSSR count). The Hall–Kier alpha value is -2.29. The fraction of sp³-hybridized carbons (Fsp3) is 0.294. The molecule has 26 heavy (non-hydrogen) atoms. The number of alkyl halides is 3. The van der Waals surface area contributed by atoms with E-state index in [1.807, 2.05) is 25.1 Å². The van der Waals surface area contributed by atoms with Crippen molar-refractivity contribution in [3.8, 4) is 17.1 Å². The van der Waals surface area contributed by atoms with Gasteiger partial charge >= 0.3 is 6.18 Å². The van der Waals surface area contributed by atoms with Gasteiger partial charge in [0.1, 0.15) is 17.4 Å². The molecule has 0 unspecified atom stereocenters. The third-order valence-electron chi connectivity index (χ3n) is 3.92. The van der Waals surface area contributed by atoms with E-state index in [2.05, 4.69) is 30.9 Å². The van der Waals surface area contributed by atoms with Crippen molar-refractivity contribution in [2.45, 2.75) is 13.1 Å². The highest BCUT2D eigenvalue weighted by atomic mass is 79.9. The first-order chi connectivity index (χ1) is 12.1. The van der Waals surface area contributed by atoms with Crippen LogP contribution in [0.4, 0.5) is 19.0 Å². The van der Waals surface area contributed by atoms with Gasteiger partial charge in [-0.15, -0.1) is 0 Å². The molecular weight excluding hydrogens is 413 g/mol. The number of aromatic amines is 1. The number of aromatic nitrogens is 3. The van der Waals surface area contributed by atoms with Gasteiger partial charge in [-0.25, -0.2) is 9.97 Å². The van der Waals surface area contributed by atoms with Gasteiger partial charge in [0.05, 0.1) is 28.2 Å². The maximum absolute atomic E-state index is 13.1. The van der Waals surface area contributed by atoms with E-state index in [0.29, 0.717) is 33.9 Å². The zero-order valence-corrected chi connectivity index (χ0v) is 16.1. The molecular formula is C17H16BrF3N4O. The lowest BCUT2D eigenvalue weighted by Gasteiger charge is -2.14. The van der Waals surface area contributed by atoms with Crippen LogP contribution in [0.5, 0.6) is 5.75 Å². The van der Waals surface area contributed by atoms with Crippen molar-refractivity contribution in [1.82, 2.24) is 15.0 Å². The second-order valence-corrected chi connectivity index (χ2v) is 6.87. The Bertz CT molecular complexity index is 982. The third kappa shape index (κ3) is 3.23. The Balaban J connectivity index is 2.20. The van der Waals surface area contributed by atoms with Crippen LogP contribution in [0.15, 0.2) is 22.7 Å². The summed E-state index contributed by atoms with van der Waals surface area (Å²) >= 11 is 3.46. The molecule has 2 heterocycles. The number of H-pyrrole nitrogens is 1. The number of rotatable bonds is 3. The molecule has 0 aliphatic rings. The van der Waals surface area contributed by atoms with E-state index in [9.17, 15) is 13.2 Å². The molecule has 0 aliphatic heterocycles. The molecule has 0 saturated heterocycles. The van der Waals surface area contributed by atoms with Crippen molar-refractivity contribution >= 4 is 32.9 Å². The quantitative estimate of drug-likeness (QED) is 0.651. The van der Waals surface area contributed by atoms with Crippen molar-refractivity contribution < 1.29 is 17.9 Å². The molecule has 0 saturated carbocycles. The molecule has 9 heteroatoms. The number of nitrogens with one attached hydrogen (secondary N) is 1. The third-order valence-corrected chi connectivity index (χ3v) is 4.50. The minimum absolute atomic E-state index is 0.100. The number of nitrogens with zero attached hydrogens (tertiary/aromatic N) is 3. The van der Waals surface area contributed by atoms with Crippen LogP contribution in [-0.4, -0.2) is 36.2 Å². The summed E-state index contributed by atoms with van der Waals surface area (Å²) in [6.45, 7) is 1.59. The lowest BCUT2D eigenvalue weighted by Crippen LogP contribution is -2.11. The molecule has 0 bridgehead atoms. The van der Waals surface area contributed by atoms with Crippen LogP contribution in [0.2, 0.25) is 0 Å². The van der Waals surface area contributed by atoms with E-state index in [-0.39, 0.29) is 5.75 Å². The van der Waals surface area contributed by atoms with Gasteiger partial charge in [-0.3, -0.25) is 0 Å². The molecule has 0 aliphatic carbocycles. The topological polar surface area (TPSA) is 54.0 Å². The van der Waals surface area contributed by atoms with E-state index in [1.165, 1.54) is 7.11 Å². The van der Waals surface area contributed by atoms with Crippen LogP contribution in [0.25, 0.3) is 22.6 Å². The number of fused-ring (bicyclic) bond motifs is 1. The summed E-state index contributed by atoms with van der Waals surface area (Å²) in [5.41, 5.74) is 1.25. The average molecular weight is 429 g/mol. The Labute approximate surface area is 156 Å². The van der Waals surface area contributed by atoms with Gasteiger partial charge in [0.25, 0.3) is 0 Å². The minimum Gasteiger partial charge on any atom is -0.496 e. The van der Waals surface area contributed by atoms with E-state index in [0.717, 1.165) is 16.6 Å². The fourth-order valence-electron chi connectivity index (χ4n) is 2.72. The Morgan fingerprint density at radius 2 is 1.85 bits per heavy atom. The zero-order chi connectivity index (χ0) is 19.2. The number of halogens is 4. The monoisotopic (exact) mass is 428 g/mol. The van der Waals surface area contributed by atoms with Crippen LogP contribution >= 0.6 is 15.9 Å². The van der Waals surface area contributed by atoms with E-state index in [1.54, 1.807) is 6.92 Å². The lowest BCUT2D eigenvalue weighted by atomic mass is 10.0. The number of hydrogen-bond acceptors (Lipinski definition) is 4. The molecule has 1 N–H and O–H groups in total. The first-order valence-corrected chi connectivity index (χ1v) is 8.41. The number of hydrogen-bond donors (Lipinski definition) is 1. The van der Waals surface area contributed by atoms with Crippen molar-refractivity contribution in [2.24, 2.45) is 0 Å². The summed E-state index contributed by atoms with van der Waals surface area (Å²) in [7, 11) is 5.05. The largest absolute Gasteiger partial charge is 0.496 e. The van der Waals surface area contributed by atoms with E-state index < -0.39 is 11.7 Å². The van der Waals surface area contributed by atoms with Gasteiger partial charge in [0, 0.05) is 14.1 Å². The molecule has 0 amide bonds. The van der Waals surface area contributed by atoms with Crippen molar-refractivity contribution in [3.63, 3.8) is 0 Å². The zero-order valence-electron chi connectivity index (χ0n) is 14.5. The molecule has 0 atom stereocenters. The number of aryl methyl sites for hydroxylation is 1. The highest BCUT2D eigenvalue weighted by Crippen LogP contribution is 2.39. The van der Waals surface area contributed by atoms with Crippen LogP contribution < -0.4 is 9.64 Å². The molecule has 1 aromatic carbocycles. The Kier molecular flexibility index (Phi) is 4.60. The molecule has 3 aromatic rings. The van der Waals surface area contributed by atoms with Gasteiger partial charge in [-0.2, -0.15) is 13.2 Å². The second kappa shape index (κ2) is 6.46. The molecule has 5 nitrogen and oxygen atoms in total. The lowest BCUT2D eigenvalue weighted by molar-refractivity contribution is -0.137. The Morgan fingerprint density at radius 3 is 2.42 bits per heavy atom. The van der Waals surface area contributed by atoms with Crippen LogP contribution in [-0.2, 0) is 6.18 Å². The maximum atomic E-state index is 13.1. The fourth-order valence-corrected chi connectivity index (χ4v) is 3.40. The van der Waals surface area contributed by atoms with Gasteiger partial charge < -0.3 is 14.6 Å². The average Bonchev–Trinajstić information content (AvgIpc) is 2.94. The first kappa shape index (κ1) is 18.5. The highest BCUT2D eigenvalue weighted by molar-refractivity contribution is 9.10. The van der Waals surface area contributed by atoms with Crippen molar-refractivity contribution in [2.75, 3.05) is 26.1 Å². The smallest absolute Gasteiger partial charge is 0.416 e. The summed E-state index contributed by atoms with van der Waals surface area (Å²) < 4.78 is 45.1. The predicted octanol–water partition coefficient (Wildman–Crippen LogP) is 4.79. The summed E-state index contributed by atoms with van der Waals surface area (Å²) in [4.78, 5) is 13.9. The summed E-state index contributed by atoms with van der Waals surface area (Å²) in [5, 5.41) is 0. The molecule has 2 aromatic heterocycles. The Morgan fingerprint density at radius 1 is 1.15 bits per heavy atom.